The van der Waals surface area contributed by atoms with Crippen LogP contribution in [0, 0.1) is 6.92 Å². The van der Waals surface area contributed by atoms with Crippen LogP contribution >= 0.6 is 0 Å². The molecule has 0 aliphatic heterocycles. The Bertz CT molecular complexity index is 374. The molecule has 0 spiro atoms. The van der Waals surface area contributed by atoms with E-state index in [1.54, 1.807) is 7.11 Å². The fraction of sp³-hybridized carbons (Fsp3) is 0.533. The van der Waals surface area contributed by atoms with Crippen LogP contribution < -0.4 is 0 Å². The fourth-order valence-corrected chi connectivity index (χ4v) is 4.53. The Morgan fingerprint density at radius 3 is 2.25 bits per heavy atom. The Balaban J connectivity index is 0.000000796. The monoisotopic (exact) mass is 469 g/mol. The number of hydrogen-bond acceptors (Lipinski definition) is 3. The summed E-state index contributed by atoms with van der Waals surface area (Å²) in [5.74, 6) is -0.833. The summed E-state index contributed by atoms with van der Waals surface area (Å²) < 4.78 is 6.10. The number of benzene rings is 1. The van der Waals surface area contributed by atoms with E-state index in [0.29, 0.717) is 29.5 Å². The van der Waals surface area contributed by atoms with E-state index in [4.69, 9.17) is 19.7 Å². The first-order valence-electron chi connectivity index (χ1n) is 6.65. The number of rotatable bonds is 6. The molecule has 0 saturated carbocycles. The Morgan fingerprint density at radius 1 is 1.35 bits per heavy atom. The predicted octanol–water partition coefficient (Wildman–Crippen LogP) is 2.46. The van der Waals surface area contributed by atoms with Crippen molar-refractivity contribution in [3.05, 3.63) is 35.4 Å². The summed E-state index contributed by atoms with van der Waals surface area (Å²) in [6.45, 7) is 3.45. The molecule has 0 aromatic heterocycles. The van der Waals surface area contributed by atoms with Gasteiger partial charge in [-0.25, -0.2) is 0 Å². The van der Waals surface area contributed by atoms with Gasteiger partial charge in [0.05, 0.1) is 0 Å². The molecule has 0 aliphatic carbocycles. The molecule has 1 aromatic carbocycles. The van der Waals surface area contributed by atoms with Crippen molar-refractivity contribution in [2.75, 3.05) is 13.7 Å². The van der Waals surface area contributed by atoms with E-state index in [1.165, 1.54) is 11.1 Å². The number of aliphatic carboxylic acids is 1. The van der Waals surface area contributed by atoms with E-state index in [1.807, 2.05) is 0 Å². The summed E-state index contributed by atoms with van der Waals surface area (Å²) in [6.07, 6.45) is 2.06. The first-order valence-corrected chi connectivity index (χ1v) is 9.82. The van der Waals surface area contributed by atoms with Gasteiger partial charge < -0.3 is 5.11 Å². The van der Waals surface area contributed by atoms with Crippen molar-refractivity contribution < 1.29 is 45.9 Å². The van der Waals surface area contributed by atoms with Gasteiger partial charge in [-0.2, -0.15) is 0 Å². The molecular weight excluding hydrogens is 445 g/mol. The van der Waals surface area contributed by atoms with Gasteiger partial charge in [0.2, 0.25) is 0 Å². The Kier molecular flexibility index (Phi) is 11.0. The van der Waals surface area contributed by atoms with E-state index in [0.717, 1.165) is 19.8 Å². The maximum absolute atomic E-state index is 9.00. The van der Waals surface area contributed by atoms with Crippen LogP contribution in [0.25, 0.3) is 0 Å². The quantitative estimate of drug-likeness (QED) is 0.631. The zero-order chi connectivity index (χ0) is 15.5. The molecule has 0 radical (unpaired) electrons. The molecule has 0 saturated heterocycles. The van der Waals surface area contributed by atoms with Crippen LogP contribution in [0.3, 0.4) is 0 Å². The van der Waals surface area contributed by atoms with Crippen molar-refractivity contribution in [2.45, 2.75) is 36.2 Å². The van der Waals surface area contributed by atoms with Crippen LogP contribution in [-0.2, 0) is 35.7 Å². The van der Waals surface area contributed by atoms with Gasteiger partial charge in [-0.05, 0) is 0 Å². The second-order valence-electron chi connectivity index (χ2n) is 4.68. The van der Waals surface area contributed by atoms with Gasteiger partial charge in [0.1, 0.15) is 0 Å². The summed E-state index contributed by atoms with van der Waals surface area (Å²) >= 11 is 0.638. The Morgan fingerprint density at radius 2 is 1.85 bits per heavy atom. The van der Waals surface area contributed by atoms with Gasteiger partial charge in [0, 0.05) is 6.92 Å². The van der Waals surface area contributed by atoms with Gasteiger partial charge in [0.25, 0.3) is 5.97 Å². The number of aliphatic hydroxyl groups excluding tert-OH is 1. The number of aryl methyl sites for hydroxylation is 1. The summed E-state index contributed by atoms with van der Waals surface area (Å²) in [7, 11) is 1.77. The molecule has 2 unspecified atom stereocenters. The molecule has 20 heavy (non-hydrogen) atoms. The molecule has 0 aliphatic rings. The zero-order valence-corrected chi connectivity index (χ0v) is 18.0. The molecule has 0 bridgehead atoms. The number of aliphatic hydroxyl groups is 1. The van der Waals surface area contributed by atoms with Crippen LogP contribution in [0.4, 0.5) is 0 Å². The summed E-state index contributed by atoms with van der Waals surface area (Å²) in [6, 6.07) is 8.73. The predicted molar refractivity (Wildman–Crippen MR) is 74.3 cm³/mol. The first kappa shape index (κ1) is 19.5. The molecule has 109 valence electrons. The van der Waals surface area contributed by atoms with Gasteiger partial charge in [-0.15, -0.1) is 0 Å². The Labute approximate surface area is 137 Å². The second-order valence-corrected chi connectivity index (χ2v) is 8.10. The van der Waals surface area contributed by atoms with Crippen molar-refractivity contribution in [2.24, 2.45) is 0 Å². The molecule has 2 atom stereocenters. The SMILES string of the molecule is CC(=O)O.COC(CCCO)[CH]([Hg])c1ccc(C)cc1. The van der Waals surface area contributed by atoms with E-state index >= 15 is 0 Å². The average Bonchev–Trinajstić information content (AvgIpc) is 2.39. The number of ether oxygens (including phenoxy) is 1. The van der Waals surface area contributed by atoms with Crippen molar-refractivity contribution in [3.63, 3.8) is 0 Å². The topological polar surface area (TPSA) is 66.8 Å². The van der Waals surface area contributed by atoms with Crippen LogP contribution in [0.15, 0.2) is 24.3 Å². The van der Waals surface area contributed by atoms with Crippen molar-refractivity contribution in [3.8, 4) is 0 Å². The summed E-state index contributed by atoms with van der Waals surface area (Å²) in [5.41, 5.74) is 2.69. The first-order chi connectivity index (χ1) is 9.42. The molecule has 1 aromatic rings. The van der Waals surface area contributed by atoms with Crippen LogP contribution in [0.1, 0.15) is 34.3 Å². The van der Waals surface area contributed by atoms with E-state index in [-0.39, 0.29) is 12.7 Å². The van der Waals surface area contributed by atoms with E-state index < -0.39 is 5.97 Å². The maximum atomic E-state index is 9.00. The minimum absolute atomic E-state index is 0.258. The zero-order valence-electron chi connectivity index (χ0n) is 12.5. The molecule has 0 heterocycles. The van der Waals surface area contributed by atoms with Crippen molar-refractivity contribution in [1.29, 1.82) is 0 Å². The molecule has 0 fully saturated rings. The van der Waals surface area contributed by atoms with Crippen LogP contribution in [0.5, 0.6) is 0 Å². The third-order valence-corrected chi connectivity index (χ3v) is 6.78. The number of carboxylic acid groups (broad SMARTS) is 1. The van der Waals surface area contributed by atoms with Gasteiger partial charge in [-0.3, -0.25) is 4.79 Å². The van der Waals surface area contributed by atoms with E-state index in [2.05, 4.69) is 31.2 Å². The summed E-state index contributed by atoms with van der Waals surface area (Å²) in [4.78, 5) is 9.00. The average molecular weight is 468 g/mol. The number of hydrogen-bond donors (Lipinski definition) is 2. The van der Waals surface area contributed by atoms with Gasteiger partial charge in [-0.1, -0.05) is 0 Å². The van der Waals surface area contributed by atoms with Crippen molar-refractivity contribution >= 4 is 5.97 Å². The molecule has 5 heteroatoms. The second kappa shape index (κ2) is 11.2. The van der Waals surface area contributed by atoms with Gasteiger partial charge >= 0.3 is 114 Å². The molecule has 2 N–H and O–H groups in total. The number of methoxy groups -OCH3 is 1. The van der Waals surface area contributed by atoms with Gasteiger partial charge in [0.15, 0.2) is 0 Å². The third kappa shape index (κ3) is 8.66. The standard InChI is InChI=1S/C13H19O2.C2H4O2.Hg/c1-11-5-7-12(8-6-11)10-13(15-2)4-3-9-14;1-2(3)4;/h5-8,10,13-14H,3-4,9H2,1-2H3;1H3,(H,3,4);. The third-order valence-electron chi connectivity index (χ3n) is 2.90. The van der Waals surface area contributed by atoms with Crippen LogP contribution in [-0.4, -0.2) is 36.0 Å². The fourth-order valence-electron chi connectivity index (χ4n) is 1.80. The van der Waals surface area contributed by atoms with E-state index in [9.17, 15) is 0 Å². The van der Waals surface area contributed by atoms with Crippen molar-refractivity contribution in [1.82, 2.24) is 0 Å². The number of carbonyl (C=O) groups is 1. The molecule has 4 nitrogen and oxygen atoms in total. The number of carboxylic acids is 1. The molecule has 0 amide bonds. The van der Waals surface area contributed by atoms with Crippen LogP contribution in [0.2, 0.25) is 0 Å². The molecule has 1 rings (SSSR count). The normalized spacial score (nSPS) is 13.1. The Hall–Kier alpha value is -0.455. The molecular formula is C15H23HgO4. The minimum atomic E-state index is -0.833. The summed E-state index contributed by atoms with van der Waals surface area (Å²) in [5, 5.41) is 16.3.